The Morgan fingerprint density at radius 1 is 1.21 bits per heavy atom. The number of rotatable bonds is 2. The Morgan fingerprint density at radius 2 is 1.79 bits per heavy atom. The second-order valence-corrected chi connectivity index (χ2v) is 5.77. The topological polar surface area (TPSA) is 42.2 Å². The molecule has 1 aliphatic rings. The summed E-state index contributed by atoms with van der Waals surface area (Å²) in [6.07, 6.45) is 0.136. The zero-order chi connectivity index (χ0) is 14.3. The largest absolute Gasteiger partial charge is 0.495 e. The minimum atomic E-state index is -0.561. The molecule has 0 saturated carbocycles. The Hall–Kier alpha value is -1.38. The van der Waals surface area contributed by atoms with Crippen LogP contribution < -0.4 is 5.46 Å². The summed E-state index contributed by atoms with van der Waals surface area (Å²) in [5, 5.41) is 8.83. The highest BCUT2D eigenvalue weighted by Gasteiger charge is 2.52. The van der Waals surface area contributed by atoms with Gasteiger partial charge >= 0.3 is 7.12 Å². The van der Waals surface area contributed by atoms with Crippen LogP contribution in [-0.4, -0.2) is 18.3 Å². The number of nitrogens with zero attached hydrogens (tertiary/aromatic N) is 1. The van der Waals surface area contributed by atoms with Crippen LogP contribution in [0.2, 0.25) is 0 Å². The Kier molecular flexibility index (Phi) is 3.42. The van der Waals surface area contributed by atoms with Gasteiger partial charge in [0.2, 0.25) is 0 Å². The van der Waals surface area contributed by atoms with Gasteiger partial charge in [-0.15, -0.1) is 0 Å². The van der Waals surface area contributed by atoms with Crippen molar-refractivity contribution in [1.29, 1.82) is 5.26 Å². The molecule has 0 radical (unpaired) electrons. The maximum Gasteiger partial charge on any atom is 0.495 e. The van der Waals surface area contributed by atoms with E-state index in [1.54, 1.807) is 6.07 Å². The van der Waals surface area contributed by atoms with E-state index in [1.165, 1.54) is 12.1 Å². The van der Waals surface area contributed by atoms with Crippen LogP contribution in [0.15, 0.2) is 18.2 Å². The van der Waals surface area contributed by atoms with Crippen LogP contribution in [-0.2, 0) is 15.7 Å². The molecule has 0 aliphatic carbocycles. The second kappa shape index (κ2) is 4.62. The van der Waals surface area contributed by atoms with Gasteiger partial charge in [0, 0.05) is 0 Å². The molecule has 1 fully saturated rings. The van der Waals surface area contributed by atoms with E-state index in [1.807, 2.05) is 33.8 Å². The second-order valence-electron chi connectivity index (χ2n) is 5.77. The number of nitriles is 1. The van der Waals surface area contributed by atoms with Gasteiger partial charge in [-0.1, -0.05) is 6.07 Å². The molecule has 1 aromatic rings. The first kappa shape index (κ1) is 14.0. The average molecular weight is 261 g/mol. The molecular formula is C14H17BFNO2. The summed E-state index contributed by atoms with van der Waals surface area (Å²) in [5.74, 6) is -0.356. The van der Waals surface area contributed by atoms with Crippen LogP contribution in [0.25, 0.3) is 0 Å². The monoisotopic (exact) mass is 261 g/mol. The molecule has 1 aromatic carbocycles. The lowest BCUT2D eigenvalue weighted by Gasteiger charge is -2.32. The predicted octanol–water partition coefficient (Wildman–Crippen LogP) is 2.19. The highest BCUT2D eigenvalue weighted by atomic mass is 19.1. The first-order chi connectivity index (χ1) is 8.77. The van der Waals surface area contributed by atoms with Crippen LogP contribution in [0.4, 0.5) is 4.39 Å². The molecule has 0 bridgehead atoms. The predicted molar refractivity (Wildman–Crippen MR) is 71.4 cm³/mol. The van der Waals surface area contributed by atoms with Crippen molar-refractivity contribution in [2.24, 2.45) is 0 Å². The summed E-state index contributed by atoms with van der Waals surface area (Å²) < 4.78 is 25.1. The van der Waals surface area contributed by atoms with E-state index < -0.39 is 18.3 Å². The Labute approximate surface area is 113 Å². The van der Waals surface area contributed by atoms with E-state index in [2.05, 4.69) is 0 Å². The molecule has 0 N–H and O–H groups in total. The summed E-state index contributed by atoms with van der Waals surface area (Å²) in [4.78, 5) is 0. The molecule has 100 valence electrons. The number of hydrogen-bond acceptors (Lipinski definition) is 3. The van der Waals surface area contributed by atoms with Crippen molar-refractivity contribution >= 4 is 12.6 Å². The quantitative estimate of drug-likeness (QED) is 0.766. The van der Waals surface area contributed by atoms with Crippen LogP contribution in [0, 0.1) is 17.1 Å². The van der Waals surface area contributed by atoms with Crippen molar-refractivity contribution < 1.29 is 13.7 Å². The first-order valence-electron chi connectivity index (χ1n) is 6.28. The maximum atomic E-state index is 13.3. The molecule has 2 rings (SSSR count). The molecule has 19 heavy (non-hydrogen) atoms. The third-order valence-corrected chi connectivity index (χ3v) is 3.88. The van der Waals surface area contributed by atoms with Crippen molar-refractivity contribution in [3.63, 3.8) is 0 Å². The SMILES string of the molecule is CC1(C)OB(c2ccc(F)cc2CC#N)OC1(C)C. The Bertz CT molecular complexity index is 521. The maximum absolute atomic E-state index is 13.3. The normalized spacial score (nSPS) is 20.3. The lowest BCUT2D eigenvalue weighted by molar-refractivity contribution is 0.00578. The van der Waals surface area contributed by atoms with E-state index in [-0.39, 0.29) is 12.2 Å². The Morgan fingerprint density at radius 3 is 2.32 bits per heavy atom. The number of hydrogen-bond donors (Lipinski definition) is 0. The smallest absolute Gasteiger partial charge is 0.399 e. The van der Waals surface area contributed by atoms with Gasteiger partial charge in [-0.3, -0.25) is 0 Å². The molecule has 1 saturated heterocycles. The van der Waals surface area contributed by atoms with E-state index in [9.17, 15) is 4.39 Å². The molecule has 3 nitrogen and oxygen atoms in total. The number of benzene rings is 1. The van der Waals surface area contributed by atoms with Gasteiger partial charge in [-0.05, 0) is 50.9 Å². The molecule has 0 unspecified atom stereocenters. The van der Waals surface area contributed by atoms with E-state index in [4.69, 9.17) is 14.6 Å². The van der Waals surface area contributed by atoms with Crippen LogP contribution in [0.3, 0.4) is 0 Å². The minimum absolute atomic E-state index is 0.136. The van der Waals surface area contributed by atoms with Crippen LogP contribution in [0.1, 0.15) is 33.3 Å². The third-order valence-electron chi connectivity index (χ3n) is 3.88. The van der Waals surface area contributed by atoms with Crippen molar-refractivity contribution in [3.8, 4) is 6.07 Å². The van der Waals surface area contributed by atoms with Gasteiger partial charge in [0.05, 0.1) is 23.7 Å². The van der Waals surface area contributed by atoms with Crippen molar-refractivity contribution in [3.05, 3.63) is 29.6 Å². The fourth-order valence-electron chi connectivity index (χ4n) is 2.01. The van der Waals surface area contributed by atoms with Gasteiger partial charge in [-0.25, -0.2) is 4.39 Å². The summed E-state index contributed by atoms with van der Waals surface area (Å²) >= 11 is 0. The van der Waals surface area contributed by atoms with Gasteiger partial charge in [0.25, 0.3) is 0 Å². The zero-order valence-corrected chi connectivity index (χ0v) is 11.7. The van der Waals surface area contributed by atoms with E-state index >= 15 is 0 Å². The molecule has 1 heterocycles. The highest BCUT2D eigenvalue weighted by Crippen LogP contribution is 2.36. The van der Waals surface area contributed by atoms with Gasteiger partial charge in [0.15, 0.2) is 0 Å². The van der Waals surface area contributed by atoms with Gasteiger partial charge in [-0.2, -0.15) is 5.26 Å². The van der Waals surface area contributed by atoms with E-state index in [0.717, 1.165) is 5.46 Å². The zero-order valence-electron chi connectivity index (χ0n) is 11.7. The highest BCUT2D eigenvalue weighted by molar-refractivity contribution is 6.62. The molecule has 1 aliphatic heterocycles. The fraction of sp³-hybridized carbons (Fsp3) is 0.500. The first-order valence-corrected chi connectivity index (χ1v) is 6.28. The Balaban J connectivity index is 2.37. The van der Waals surface area contributed by atoms with Gasteiger partial charge in [0.1, 0.15) is 5.82 Å². The molecule has 5 heteroatoms. The van der Waals surface area contributed by atoms with Crippen molar-refractivity contribution in [1.82, 2.24) is 0 Å². The summed E-state index contributed by atoms with van der Waals surface area (Å²) in [6, 6.07) is 6.39. The summed E-state index contributed by atoms with van der Waals surface area (Å²) in [7, 11) is -0.561. The molecule has 0 aromatic heterocycles. The number of halogens is 1. The molecule has 0 amide bonds. The van der Waals surface area contributed by atoms with Crippen molar-refractivity contribution in [2.75, 3.05) is 0 Å². The lowest BCUT2D eigenvalue weighted by Crippen LogP contribution is -2.41. The molecule has 0 spiro atoms. The standard InChI is InChI=1S/C14H17BFNO2/c1-13(2)14(3,4)19-15(18-13)12-6-5-11(16)9-10(12)7-8-17/h5-6,9H,7H2,1-4H3. The summed E-state index contributed by atoms with van der Waals surface area (Å²) in [5.41, 5.74) is 0.439. The van der Waals surface area contributed by atoms with Crippen LogP contribution in [0.5, 0.6) is 0 Å². The molecular weight excluding hydrogens is 244 g/mol. The van der Waals surface area contributed by atoms with Crippen molar-refractivity contribution in [2.45, 2.75) is 45.3 Å². The fourth-order valence-corrected chi connectivity index (χ4v) is 2.01. The molecule has 0 atom stereocenters. The minimum Gasteiger partial charge on any atom is -0.399 e. The van der Waals surface area contributed by atoms with E-state index in [0.29, 0.717) is 5.56 Å². The average Bonchev–Trinajstić information content (AvgIpc) is 2.48. The van der Waals surface area contributed by atoms with Gasteiger partial charge < -0.3 is 9.31 Å². The lowest BCUT2D eigenvalue weighted by atomic mass is 9.75. The summed E-state index contributed by atoms with van der Waals surface area (Å²) in [6.45, 7) is 7.84. The third kappa shape index (κ3) is 2.51. The van der Waals surface area contributed by atoms with Crippen LogP contribution >= 0.6 is 0 Å².